The van der Waals surface area contributed by atoms with E-state index in [0.717, 1.165) is 33.9 Å². The molecule has 25 heavy (non-hydrogen) atoms. The molecule has 124 valence electrons. The van der Waals surface area contributed by atoms with Crippen molar-refractivity contribution in [3.05, 3.63) is 66.5 Å². The van der Waals surface area contributed by atoms with Crippen molar-refractivity contribution >= 4 is 17.3 Å². The molecule has 0 N–H and O–H groups in total. The Labute approximate surface area is 146 Å². The third-order valence-electron chi connectivity index (χ3n) is 4.67. The molecule has 0 atom stereocenters. The van der Waals surface area contributed by atoms with Crippen LogP contribution in [-0.2, 0) is 10.2 Å². The molecule has 1 amide bonds. The molecular weight excluding hydrogens is 312 g/mol. The first-order chi connectivity index (χ1) is 12.0. The second kappa shape index (κ2) is 5.48. The molecule has 0 radical (unpaired) electrons. The van der Waals surface area contributed by atoms with Crippen LogP contribution in [0.25, 0.3) is 11.1 Å². The molecule has 0 fully saturated rings. The van der Waals surface area contributed by atoms with Gasteiger partial charge in [-0.3, -0.25) is 14.7 Å². The van der Waals surface area contributed by atoms with E-state index in [1.165, 1.54) is 0 Å². The number of aryl methyl sites for hydroxylation is 1. The van der Waals surface area contributed by atoms with Crippen molar-refractivity contribution in [2.45, 2.75) is 26.2 Å². The van der Waals surface area contributed by atoms with Gasteiger partial charge in [0.05, 0.1) is 23.0 Å². The normalized spacial score (nSPS) is 15.3. The fourth-order valence-electron chi connectivity index (χ4n) is 3.21. The van der Waals surface area contributed by atoms with Crippen molar-refractivity contribution in [1.82, 2.24) is 15.0 Å². The molecular formula is C20H18N4O. The van der Waals surface area contributed by atoms with Gasteiger partial charge in [0.25, 0.3) is 0 Å². The van der Waals surface area contributed by atoms with Crippen LogP contribution in [0.15, 0.2) is 55.1 Å². The quantitative estimate of drug-likeness (QED) is 0.717. The number of rotatable bonds is 2. The van der Waals surface area contributed by atoms with Gasteiger partial charge in [-0.15, -0.1) is 0 Å². The van der Waals surface area contributed by atoms with Gasteiger partial charge in [-0.05, 0) is 50.1 Å². The Balaban J connectivity index is 1.88. The van der Waals surface area contributed by atoms with Gasteiger partial charge in [0.2, 0.25) is 5.91 Å². The number of anilines is 2. The third-order valence-corrected chi connectivity index (χ3v) is 4.67. The largest absolute Gasteiger partial charge is 0.278 e. The van der Waals surface area contributed by atoms with Crippen LogP contribution in [0.4, 0.5) is 11.4 Å². The summed E-state index contributed by atoms with van der Waals surface area (Å²) in [5, 5.41) is 0. The molecule has 4 rings (SSSR count). The first-order valence-corrected chi connectivity index (χ1v) is 8.16. The predicted octanol–water partition coefficient (Wildman–Crippen LogP) is 3.80. The van der Waals surface area contributed by atoms with E-state index >= 15 is 0 Å². The van der Waals surface area contributed by atoms with Gasteiger partial charge in [0, 0.05) is 24.2 Å². The predicted molar refractivity (Wildman–Crippen MR) is 96.6 cm³/mol. The minimum absolute atomic E-state index is 0.0489. The van der Waals surface area contributed by atoms with E-state index in [1.54, 1.807) is 29.7 Å². The Hall–Kier alpha value is -3.08. The fourth-order valence-corrected chi connectivity index (χ4v) is 3.21. The number of nitrogens with zero attached hydrogens (tertiary/aromatic N) is 4. The molecule has 0 aliphatic carbocycles. The molecule has 0 saturated heterocycles. The molecule has 0 saturated carbocycles. The van der Waals surface area contributed by atoms with Gasteiger partial charge in [-0.1, -0.05) is 12.1 Å². The van der Waals surface area contributed by atoms with Crippen LogP contribution < -0.4 is 4.90 Å². The summed E-state index contributed by atoms with van der Waals surface area (Å²) in [5.74, 6) is 0.783. The second-order valence-corrected chi connectivity index (χ2v) is 6.73. The van der Waals surface area contributed by atoms with Gasteiger partial charge in [0.1, 0.15) is 5.82 Å². The van der Waals surface area contributed by atoms with E-state index < -0.39 is 5.41 Å². The first kappa shape index (κ1) is 15.4. The molecule has 0 spiro atoms. The van der Waals surface area contributed by atoms with Crippen molar-refractivity contribution < 1.29 is 4.79 Å². The maximum absolute atomic E-state index is 13.1. The van der Waals surface area contributed by atoms with Crippen LogP contribution in [0.2, 0.25) is 0 Å². The topological polar surface area (TPSA) is 59.0 Å². The summed E-state index contributed by atoms with van der Waals surface area (Å²) in [6, 6.07) is 9.82. The van der Waals surface area contributed by atoms with E-state index in [2.05, 4.69) is 15.0 Å². The number of pyridine rings is 1. The average molecular weight is 330 g/mol. The summed E-state index contributed by atoms with van der Waals surface area (Å²) < 4.78 is 0. The molecule has 5 heteroatoms. The maximum Gasteiger partial charge on any atom is 0.241 e. The summed E-state index contributed by atoms with van der Waals surface area (Å²) in [5.41, 5.74) is 4.01. The van der Waals surface area contributed by atoms with Crippen molar-refractivity contribution in [1.29, 1.82) is 0 Å². The van der Waals surface area contributed by atoms with Crippen LogP contribution in [0.5, 0.6) is 0 Å². The van der Waals surface area contributed by atoms with Crippen molar-refractivity contribution in [3.63, 3.8) is 0 Å². The highest BCUT2D eigenvalue weighted by atomic mass is 16.2. The van der Waals surface area contributed by atoms with E-state index in [1.807, 2.05) is 51.1 Å². The summed E-state index contributed by atoms with van der Waals surface area (Å²) in [6.45, 7) is 5.77. The van der Waals surface area contributed by atoms with E-state index in [0.29, 0.717) is 0 Å². The highest BCUT2D eigenvalue weighted by Crippen LogP contribution is 2.46. The number of fused-ring (bicyclic) bond motifs is 1. The molecule has 5 nitrogen and oxygen atoms in total. The Morgan fingerprint density at radius 1 is 1.00 bits per heavy atom. The summed E-state index contributed by atoms with van der Waals surface area (Å²) in [4.78, 5) is 27.5. The third kappa shape index (κ3) is 2.39. The highest BCUT2D eigenvalue weighted by molar-refractivity contribution is 6.12. The molecule has 0 bridgehead atoms. The Morgan fingerprint density at radius 3 is 2.44 bits per heavy atom. The van der Waals surface area contributed by atoms with Crippen LogP contribution >= 0.6 is 0 Å². The van der Waals surface area contributed by atoms with Gasteiger partial charge < -0.3 is 0 Å². The minimum atomic E-state index is -0.576. The summed E-state index contributed by atoms with van der Waals surface area (Å²) >= 11 is 0. The van der Waals surface area contributed by atoms with E-state index in [9.17, 15) is 4.79 Å². The lowest BCUT2D eigenvalue weighted by atomic mass is 9.85. The molecule has 0 unspecified atom stereocenters. The lowest BCUT2D eigenvalue weighted by Gasteiger charge is -2.20. The molecule has 3 heterocycles. The number of hydrogen-bond donors (Lipinski definition) is 0. The first-order valence-electron chi connectivity index (χ1n) is 8.16. The standard InChI is InChI=1S/C20H18N4O/c1-13-22-10-15(11-23-13)14-6-7-17-18(9-14)24(19(25)20(17,2)3)16-5-4-8-21-12-16/h4-12H,1-3H3. The van der Waals surface area contributed by atoms with Crippen LogP contribution in [-0.4, -0.2) is 20.9 Å². The van der Waals surface area contributed by atoms with Gasteiger partial charge in [-0.2, -0.15) is 0 Å². The molecule has 2 aromatic heterocycles. The molecule has 3 aromatic rings. The van der Waals surface area contributed by atoms with E-state index in [-0.39, 0.29) is 5.91 Å². The van der Waals surface area contributed by atoms with Crippen molar-refractivity contribution in [3.8, 4) is 11.1 Å². The number of benzene rings is 1. The number of amides is 1. The lowest BCUT2D eigenvalue weighted by Crippen LogP contribution is -2.33. The Morgan fingerprint density at radius 2 is 1.76 bits per heavy atom. The zero-order valence-electron chi connectivity index (χ0n) is 14.4. The van der Waals surface area contributed by atoms with Crippen LogP contribution in [0, 0.1) is 6.92 Å². The smallest absolute Gasteiger partial charge is 0.241 e. The van der Waals surface area contributed by atoms with Crippen molar-refractivity contribution in [2.75, 3.05) is 4.90 Å². The van der Waals surface area contributed by atoms with Gasteiger partial charge in [0.15, 0.2) is 0 Å². The number of aromatic nitrogens is 3. The Kier molecular flexibility index (Phi) is 3.39. The highest BCUT2D eigenvalue weighted by Gasteiger charge is 2.44. The molecule has 1 aliphatic heterocycles. The minimum Gasteiger partial charge on any atom is -0.278 e. The monoisotopic (exact) mass is 330 g/mol. The van der Waals surface area contributed by atoms with E-state index in [4.69, 9.17) is 0 Å². The zero-order chi connectivity index (χ0) is 17.6. The number of carbonyl (C=O) groups excluding carboxylic acids is 1. The Bertz CT molecular complexity index is 949. The zero-order valence-corrected chi connectivity index (χ0v) is 14.4. The summed E-state index contributed by atoms with van der Waals surface area (Å²) in [7, 11) is 0. The number of carbonyl (C=O) groups is 1. The summed E-state index contributed by atoms with van der Waals surface area (Å²) in [6.07, 6.45) is 7.03. The number of hydrogen-bond acceptors (Lipinski definition) is 4. The average Bonchev–Trinajstić information content (AvgIpc) is 2.82. The molecule has 1 aromatic carbocycles. The fraction of sp³-hybridized carbons (Fsp3) is 0.200. The lowest BCUT2D eigenvalue weighted by molar-refractivity contribution is -0.121. The maximum atomic E-state index is 13.1. The van der Waals surface area contributed by atoms with Gasteiger partial charge >= 0.3 is 0 Å². The van der Waals surface area contributed by atoms with Crippen LogP contribution in [0.1, 0.15) is 25.2 Å². The van der Waals surface area contributed by atoms with Crippen molar-refractivity contribution in [2.24, 2.45) is 0 Å². The van der Waals surface area contributed by atoms with Gasteiger partial charge in [-0.25, -0.2) is 9.97 Å². The molecule has 1 aliphatic rings. The SMILES string of the molecule is Cc1ncc(-c2ccc3c(c2)N(c2cccnc2)C(=O)C3(C)C)cn1. The second-order valence-electron chi connectivity index (χ2n) is 6.73. The van der Waals surface area contributed by atoms with Crippen LogP contribution in [0.3, 0.4) is 0 Å².